The van der Waals surface area contributed by atoms with E-state index in [0.29, 0.717) is 12.8 Å². The minimum absolute atomic E-state index is 0.0968. The first-order valence-corrected chi connectivity index (χ1v) is 17.0. The molecule has 5 nitrogen and oxygen atoms in total. The molecule has 1 atom stereocenters. The zero-order chi connectivity index (χ0) is 31.5. The van der Waals surface area contributed by atoms with Gasteiger partial charge in [-0.1, -0.05) is 119 Å². The molecular formula is C38H62O5. The van der Waals surface area contributed by atoms with Crippen LogP contribution in [0, 0.1) is 0 Å². The fourth-order valence-corrected chi connectivity index (χ4v) is 4.17. The third kappa shape index (κ3) is 32.1. The molecule has 0 unspecified atom stereocenters. The summed E-state index contributed by atoms with van der Waals surface area (Å²) in [6.45, 7) is 3.91. The number of carbonyl (C=O) groups excluding carboxylic acids is 2. The van der Waals surface area contributed by atoms with Gasteiger partial charge in [-0.3, -0.25) is 9.59 Å². The van der Waals surface area contributed by atoms with E-state index in [2.05, 4.69) is 86.8 Å². The number of rotatable bonds is 29. The fourth-order valence-electron chi connectivity index (χ4n) is 4.17. The molecule has 0 fully saturated rings. The normalized spacial score (nSPS) is 13.1. The number of esters is 2. The molecule has 43 heavy (non-hydrogen) atoms. The topological polar surface area (TPSA) is 72.8 Å². The predicted molar refractivity (Wildman–Crippen MR) is 182 cm³/mol. The lowest BCUT2D eigenvalue weighted by atomic mass is 10.1. The van der Waals surface area contributed by atoms with Crippen LogP contribution < -0.4 is 0 Å². The van der Waals surface area contributed by atoms with E-state index in [1.165, 1.54) is 38.5 Å². The van der Waals surface area contributed by atoms with Crippen LogP contribution in [0.15, 0.2) is 72.9 Å². The molecule has 0 aromatic carbocycles. The Morgan fingerprint density at radius 1 is 0.558 bits per heavy atom. The monoisotopic (exact) mass is 598 g/mol. The second-order valence-corrected chi connectivity index (χ2v) is 10.9. The van der Waals surface area contributed by atoms with E-state index in [1.807, 2.05) is 0 Å². The molecule has 0 heterocycles. The van der Waals surface area contributed by atoms with Crippen molar-refractivity contribution >= 4 is 11.9 Å². The van der Waals surface area contributed by atoms with Gasteiger partial charge in [-0.15, -0.1) is 0 Å². The van der Waals surface area contributed by atoms with Gasteiger partial charge in [0.05, 0.1) is 6.61 Å². The van der Waals surface area contributed by atoms with Gasteiger partial charge in [0.15, 0.2) is 6.10 Å². The molecule has 244 valence electrons. The van der Waals surface area contributed by atoms with Crippen molar-refractivity contribution in [2.24, 2.45) is 0 Å². The molecule has 0 saturated carbocycles. The van der Waals surface area contributed by atoms with E-state index in [-0.39, 0.29) is 31.6 Å². The lowest BCUT2D eigenvalue weighted by Gasteiger charge is -2.15. The molecule has 0 bridgehead atoms. The first-order chi connectivity index (χ1) is 21.1. The summed E-state index contributed by atoms with van der Waals surface area (Å²) in [7, 11) is 0. The van der Waals surface area contributed by atoms with Crippen molar-refractivity contribution in [2.45, 2.75) is 142 Å². The van der Waals surface area contributed by atoms with Crippen LogP contribution in [0.3, 0.4) is 0 Å². The summed E-state index contributed by atoms with van der Waals surface area (Å²) in [5.41, 5.74) is 0. The number of hydrogen-bond acceptors (Lipinski definition) is 5. The zero-order valence-corrected chi connectivity index (χ0v) is 27.4. The van der Waals surface area contributed by atoms with Crippen molar-refractivity contribution in [3.8, 4) is 0 Å². The van der Waals surface area contributed by atoms with Crippen LogP contribution in [0.5, 0.6) is 0 Å². The van der Waals surface area contributed by atoms with Gasteiger partial charge in [-0.05, 0) is 77.0 Å². The van der Waals surface area contributed by atoms with E-state index in [9.17, 15) is 14.7 Å². The van der Waals surface area contributed by atoms with Gasteiger partial charge in [-0.25, -0.2) is 0 Å². The largest absolute Gasteiger partial charge is 0.462 e. The molecule has 0 amide bonds. The molecule has 0 aromatic heterocycles. The number of hydrogen-bond donors (Lipinski definition) is 1. The SMILES string of the molecule is CC/C=C/C/C=C/C/C=C/C/C=C/C/C=C/CCCC(=O)O[C@@H](CO)COC(=O)CCCCCCC/C=C/CCCCC. The fraction of sp³-hybridized carbons (Fsp3) is 0.632. The van der Waals surface area contributed by atoms with Crippen LogP contribution in [0.2, 0.25) is 0 Å². The second kappa shape index (κ2) is 33.8. The van der Waals surface area contributed by atoms with E-state index in [4.69, 9.17) is 9.47 Å². The van der Waals surface area contributed by atoms with Crippen LogP contribution in [-0.4, -0.2) is 36.4 Å². The van der Waals surface area contributed by atoms with E-state index in [1.54, 1.807) is 0 Å². The van der Waals surface area contributed by atoms with Crippen LogP contribution in [-0.2, 0) is 19.1 Å². The van der Waals surface area contributed by atoms with E-state index >= 15 is 0 Å². The summed E-state index contributed by atoms with van der Waals surface area (Å²) in [5.74, 6) is -0.679. The highest BCUT2D eigenvalue weighted by atomic mass is 16.6. The number of carbonyl (C=O) groups is 2. The highest BCUT2D eigenvalue weighted by Gasteiger charge is 2.15. The van der Waals surface area contributed by atoms with Crippen molar-refractivity contribution in [2.75, 3.05) is 13.2 Å². The van der Waals surface area contributed by atoms with Gasteiger partial charge in [-0.2, -0.15) is 0 Å². The molecule has 0 rings (SSSR count). The Morgan fingerprint density at radius 2 is 1.02 bits per heavy atom. The molecule has 0 saturated heterocycles. The summed E-state index contributed by atoms with van der Waals surface area (Å²) in [5, 5.41) is 9.50. The quantitative estimate of drug-likeness (QED) is 0.0527. The van der Waals surface area contributed by atoms with E-state index in [0.717, 1.165) is 64.2 Å². The van der Waals surface area contributed by atoms with Crippen molar-refractivity contribution in [3.05, 3.63) is 72.9 Å². The zero-order valence-electron chi connectivity index (χ0n) is 27.4. The maximum atomic E-state index is 12.1. The van der Waals surface area contributed by atoms with Crippen LogP contribution in [0.25, 0.3) is 0 Å². The van der Waals surface area contributed by atoms with Gasteiger partial charge in [0.25, 0.3) is 0 Å². The Bertz CT molecular complexity index is 818. The number of ether oxygens (including phenoxy) is 2. The Kier molecular flexibility index (Phi) is 31.7. The summed E-state index contributed by atoms with van der Waals surface area (Å²) in [4.78, 5) is 24.1. The lowest BCUT2D eigenvalue weighted by molar-refractivity contribution is -0.161. The third-order valence-corrected chi connectivity index (χ3v) is 6.73. The molecule has 0 aromatic rings. The van der Waals surface area contributed by atoms with Crippen molar-refractivity contribution < 1.29 is 24.2 Å². The minimum Gasteiger partial charge on any atom is -0.462 e. The summed E-state index contributed by atoms with van der Waals surface area (Å²) in [6, 6.07) is 0. The van der Waals surface area contributed by atoms with Crippen LogP contribution >= 0.6 is 0 Å². The molecule has 0 spiro atoms. The van der Waals surface area contributed by atoms with Crippen molar-refractivity contribution in [3.63, 3.8) is 0 Å². The highest BCUT2D eigenvalue weighted by Crippen LogP contribution is 2.10. The highest BCUT2D eigenvalue weighted by molar-refractivity contribution is 5.70. The number of aliphatic hydroxyl groups is 1. The molecule has 0 aliphatic rings. The number of aliphatic hydroxyl groups excluding tert-OH is 1. The second-order valence-electron chi connectivity index (χ2n) is 10.9. The molecule has 1 N–H and O–H groups in total. The number of unbranched alkanes of at least 4 members (excludes halogenated alkanes) is 9. The molecule has 0 radical (unpaired) electrons. The number of allylic oxidation sites excluding steroid dienone is 12. The average Bonchev–Trinajstić information content (AvgIpc) is 3.01. The van der Waals surface area contributed by atoms with Gasteiger partial charge >= 0.3 is 11.9 Å². The average molecular weight is 599 g/mol. The first-order valence-electron chi connectivity index (χ1n) is 17.0. The van der Waals surface area contributed by atoms with Crippen LogP contribution in [0.1, 0.15) is 136 Å². The third-order valence-electron chi connectivity index (χ3n) is 6.73. The Hall–Kier alpha value is -2.66. The first kappa shape index (κ1) is 40.3. The summed E-state index contributed by atoms with van der Waals surface area (Å²) >= 11 is 0. The van der Waals surface area contributed by atoms with Crippen molar-refractivity contribution in [1.29, 1.82) is 0 Å². The summed E-state index contributed by atoms with van der Waals surface area (Å²) in [6.07, 6.45) is 43.8. The van der Waals surface area contributed by atoms with Gasteiger partial charge < -0.3 is 14.6 Å². The molecule has 0 aliphatic heterocycles. The Balaban J connectivity index is 3.75. The maximum Gasteiger partial charge on any atom is 0.306 e. The maximum absolute atomic E-state index is 12.1. The van der Waals surface area contributed by atoms with Crippen molar-refractivity contribution in [1.82, 2.24) is 0 Å². The Labute approximate surface area is 263 Å². The molecule has 0 aliphatic carbocycles. The standard InChI is InChI=1S/C38H62O5/c1-3-5-7-9-11-13-15-17-18-19-20-21-23-25-27-29-31-33-38(41)43-36(34-39)35-42-37(40)32-30-28-26-24-22-16-14-12-10-8-6-4-2/h5,7,11-14,17-18,20-21,25,27,36,39H,3-4,6,8-10,15-16,19,22-24,26,28-35H2,1-2H3/b7-5+,13-11+,14-12+,18-17+,21-20+,27-25+/t36-/m0/s1. The van der Waals surface area contributed by atoms with E-state index < -0.39 is 6.10 Å². The Morgan fingerprint density at radius 3 is 1.60 bits per heavy atom. The van der Waals surface area contributed by atoms with Gasteiger partial charge in [0.2, 0.25) is 0 Å². The predicted octanol–water partition coefficient (Wildman–Crippen LogP) is 10.2. The molecule has 5 heteroatoms. The summed E-state index contributed by atoms with van der Waals surface area (Å²) < 4.78 is 10.5. The van der Waals surface area contributed by atoms with Gasteiger partial charge in [0.1, 0.15) is 6.61 Å². The van der Waals surface area contributed by atoms with Crippen LogP contribution in [0.4, 0.5) is 0 Å². The minimum atomic E-state index is -0.805. The van der Waals surface area contributed by atoms with Gasteiger partial charge in [0, 0.05) is 12.8 Å². The lowest BCUT2D eigenvalue weighted by Crippen LogP contribution is -2.28. The molecular weight excluding hydrogens is 536 g/mol. The smallest absolute Gasteiger partial charge is 0.306 e.